The number of carbonyl (C=O) groups is 1. The van der Waals surface area contributed by atoms with Gasteiger partial charge in [-0.1, -0.05) is 11.6 Å². The highest BCUT2D eigenvalue weighted by Gasteiger charge is 2.36. The summed E-state index contributed by atoms with van der Waals surface area (Å²) in [6, 6.07) is 2.91. The number of hydrogen-bond donors (Lipinski definition) is 0. The van der Waals surface area contributed by atoms with E-state index in [4.69, 9.17) is 11.6 Å². The van der Waals surface area contributed by atoms with Crippen LogP contribution in [0.1, 0.15) is 22.0 Å². The van der Waals surface area contributed by atoms with Crippen molar-refractivity contribution in [1.82, 2.24) is 14.7 Å². The summed E-state index contributed by atoms with van der Waals surface area (Å²) in [7, 11) is -1.56. The molecule has 1 aliphatic heterocycles. The van der Waals surface area contributed by atoms with Crippen molar-refractivity contribution in [2.45, 2.75) is 6.04 Å². The third-order valence-corrected chi connectivity index (χ3v) is 5.76. The van der Waals surface area contributed by atoms with E-state index in [9.17, 15) is 17.6 Å². The quantitative estimate of drug-likeness (QED) is 0.807. The van der Waals surface area contributed by atoms with Crippen LogP contribution in [0.15, 0.2) is 30.6 Å². The Hall–Kier alpha value is -1.93. The number of halogens is 2. The molecular formula is C15H15ClFN3O3S. The zero-order valence-electron chi connectivity index (χ0n) is 12.8. The van der Waals surface area contributed by atoms with E-state index in [0.29, 0.717) is 5.56 Å². The highest BCUT2D eigenvalue weighted by Crippen LogP contribution is 2.28. The maximum absolute atomic E-state index is 13.5. The van der Waals surface area contributed by atoms with E-state index in [1.165, 1.54) is 21.8 Å². The molecule has 0 aliphatic carbocycles. The van der Waals surface area contributed by atoms with Crippen LogP contribution < -0.4 is 0 Å². The van der Waals surface area contributed by atoms with Gasteiger partial charge in [0.25, 0.3) is 5.91 Å². The van der Waals surface area contributed by atoms with Gasteiger partial charge in [0, 0.05) is 35.9 Å². The van der Waals surface area contributed by atoms with Crippen molar-refractivity contribution in [3.05, 3.63) is 52.6 Å². The van der Waals surface area contributed by atoms with Crippen LogP contribution in [0, 0.1) is 5.82 Å². The van der Waals surface area contributed by atoms with Crippen LogP contribution in [0.2, 0.25) is 5.02 Å². The van der Waals surface area contributed by atoms with Gasteiger partial charge in [-0.05, 0) is 18.2 Å². The van der Waals surface area contributed by atoms with Crippen molar-refractivity contribution >= 4 is 27.3 Å². The summed E-state index contributed by atoms with van der Waals surface area (Å²) < 4.78 is 39.1. The Morgan fingerprint density at radius 2 is 2.12 bits per heavy atom. The van der Waals surface area contributed by atoms with Crippen LogP contribution in [-0.2, 0) is 16.9 Å². The molecule has 1 atom stereocenters. The Bertz CT molecular complexity index is 877. The molecule has 1 amide bonds. The minimum absolute atomic E-state index is 0.0366. The third kappa shape index (κ3) is 3.44. The molecule has 128 valence electrons. The Labute approximate surface area is 143 Å². The Morgan fingerprint density at radius 1 is 1.38 bits per heavy atom. The second-order valence-electron chi connectivity index (χ2n) is 5.73. The number of amides is 1. The minimum Gasteiger partial charge on any atom is -0.329 e. The summed E-state index contributed by atoms with van der Waals surface area (Å²) in [5.41, 5.74) is 0.713. The van der Waals surface area contributed by atoms with Gasteiger partial charge in [0.05, 0.1) is 23.7 Å². The van der Waals surface area contributed by atoms with E-state index in [2.05, 4.69) is 5.10 Å². The summed E-state index contributed by atoms with van der Waals surface area (Å²) >= 11 is 5.82. The monoisotopic (exact) mass is 371 g/mol. The topological polar surface area (TPSA) is 72.3 Å². The van der Waals surface area contributed by atoms with Crippen LogP contribution in [0.3, 0.4) is 0 Å². The zero-order chi connectivity index (χ0) is 17.5. The van der Waals surface area contributed by atoms with Crippen molar-refractivity contribution in [1.29, 1.82) is 0 Å². The molecule has 9 heteroatoms. The summed E-state index contributed by atoms with van der Waals surface area (Å²) in [4.78, 5) is 14.2. The van der Waals surface area contributed by atoms with Gasteiger partial charge in [-0.3, -0.25) is 9.48 Å². The smallest absolute Gasteiger partial charge is 0.254 e. The second-order valence-corrected chi connectivity index (χ2v) is 8.40. The molecule has 1 aromatic heterocycles. The molecule has 24 heavy (non-hydrogen) atoms. The molecule has 0 radical (unpaired) electrons. The van der Waals surface area contributed by atoms with E-state index in [0.717, 1.165) is 12.1 Å². The lowest BCUT2D eigenvalue weighted by molar-refractivity contribution is 0.0697. The predicted octanol–water partition coefficient (Wildman–Crippen LogP) is 1.82. The minimum atomic E-state index is -3.27. The number of sulfone groups is 1. The molecular weight excluding hydrogens is 357 g/mol. The van der Waals surface area contributed by atoms with Gasteiger partial charge < -0.3 is 4.90 Å². The SMILES string of the molecule is Cn1cc([C@H]2CS(=O)(=O)CCN2C(=O)c2cc(F)cc(Cl)c2)cn1. The first-order valence-corrected chi connectivity index (χ1v) is 9.41. The molecule has 2 heterocycles. The number of hydrogen-bond acceptors (Lipinski definition) is 4. The number of benzene rings is 1. The standard InChI is InChI=1S/C15H15ClFN3O3S/c1-19-8-11(7-18-19)14-9-24(22,23)3-2-20(14)15(21)10-4-12(16)6-13(17)5-10/h4-8,14H,2-3,9H2,1H3/t14-/m1/s1. The Morgan fingerprint density at radius 3 is 2.75 bits per heavy atom. The summed E-state index contributed by atoms with van der Waals surface area (Å²) in [5, 5.41) is 4.15. The first-order valence-electron chi connectivity index (χ1n) is 7.21. The highest BCUT2D eigenvalue weighted by molar-refractivity contribution is 7.91. The zero-order valence-corrected chi connectivity index (χ0v) is 14.4. The van der Waals surface area contributed by atoms with E-state index in [-0.39, 0.29) is 28.6 Å². The Balaban J connectivity index is 1.98. The first-order chi connectivity index (χ1) is 11.2. The second kappa shape index (κ2) is 6.18. The highest BCUT2D eigenvalue weighted by atomic mass is 35.5. The molecule has 6 nitrogen and oxygen atoms in total. The molecule has 1 aliphatic rings. The molecule has 0 N–H and O–H groups in total. The summed E-state index contributed by atoms with van der Waals surface area (Å²) in [5.74, 6) is -1.39. The largest absolute Gasteiger partial charge is 0.329 e. The molecule has 0 saturated carbocycles. The lowest BCUT2D eigenvalue weighted by Crippen LogP contribution is -2.46. The maximum Gasteiger partial charge on any atom is 0.254 e. The van der Waals surface area contributed by atoms with Crippen LogP contribution in [-0.4, -0.2) is 47.1 Å². The van der Waals surface area contributed by atoms with Gasteiger partial charge in [-0.2, -0.15) is 5.10 Å². The van der Waals surface area contributed by atoms with Crippen molar-refractivity contribution in [3.63, 3.8) is 0 Å². The average Bonchev–Trinajstić information content (AvgIpc) is 2.91. The van der Waals surface area contributed by atoms with Crippen LogP contribution in [0.4, 0.5) is 4.39 Å². The van der Waals surface area contributed by atoms with Crippen molar-refractivity contribution < 1.29 is 17.6 Å². The van der Waals surface area contributed by atoms with Crippen molar-refractivity contribution in [2.24, 2.45) is 7.05 Å². The number of aryl methyl sites for hydroxylation is 1. The summed E-state index contributed by atoms with van der Waals surface area (Å²) in [6.07, 6.45) is 3.20. The van der Waals surface area contributed by atoms with E-state index >= 15 is 0 Å². The fourth-order valence-corrected chi connectivity index (χ4v) is 4.50. The van der Waals surface area contributed by atoms with Gasteiger partial charge in [0.15, 0.2) is 9.84 Å². The summed E-state index contributed by atoms with van der Waals surface area (Å²) in [6.45, 7) is 0.0366. The molecule has 1 fully saturated rings. The van der Waals surface area contributed by atoms with Gasteiger partial charge in [0.1, 0.15) is 5.82 Å². The fourth-order valence-electron chi connectivity index (χ4n) is 2.78. The normalized spacial score (nSPS) is 20.1. The molecule has 1 saturated heterocycles. The van der Waals surface area contributed by atoms with Gasteiger partial charge in [-0.25, -0.2) is 12.8 Å². The molecule has 1 aromatic carbocycles. The number of aromatic nitrogens is 2. The molecule has 0 bridgehead atoms. The van der Waals surface area contributed by atoms with Gasteiger partial charge >= 0.3 is 0 Å². The van der Waals surface area contributed by atoms with Crippen LogP contribution in [0.25, 0.3) is 0 Å². The molecule has 0 spiro atoms. The lowest BCUT2D eigenvalue weighted by Gasteiger charge is -2.35. The number of rotatable bonds is 2. The third-order valence-electron chi connectivity index (χ3n) is 3.91. The molecule has 0 unspecified atom stereocenters. The van der Waals surface area contributed by atoms with Crippen LogP contribution >= 0.6 is 11.6 Å². The number of nitrogens with zero attached hydrogens (tertiary/aromatic N) is 3. The molecule has 2 aromatic rings. The molecule has 3 rings (SSSR count). The predicted molar refractivity (Wildman–Crippen MR) is 87.0 cm³/mol. The first kappa shape index (κ1) is 16.9. The lowest BCUT2D eigenvalue weighted by atomic mass is 10.1. The van der Waals surface area contributed by atoms with Gasteiger partial charge in [-0.15, -0.1) is 0 Å². The van der Waals surface area contributed by atoms with E-state index in [1.54, 1.807) is 13.2 Å². The maximum atomic E-state index is 13.5. The van der Waals surface area contributed by atoms with Crippen molar-refractivity contribution in [2.75, 3.05) is 18.1 Å². The van der Waals surface area contributed by atoms with E-state index in [1.807, 2.05) is 0 Å². The van der Waals surface area contributed by atoms with Crippen LogP contribution in [0.5, 0.6) is 0 Å². The van der Waals surface area contributed by atoms with Gasteiger partial charge in [0.2, 0.25) is 0 Å². The fraction of sp³-hybridized carbons (Fsp3) is 0.333. The average molecular weight is 372 g/mol. The number of carbonyl (C=O) groups excluding carboxylic acids is 1. The van der Waals surface area contributed by atoms with Crippen molar-refractivity contribution in [3.8, 4) is 0 Å². The Kier molecular flexibility index (Phi) is 4.35. The van der Waals surface area contributed by atoms with E-state index < -0.39 is 27.6 Å².